The van der Waals surface area contributed by atoms with Crippen LogP contribution in [0.1, 0.15) is 0 Å². The number of fused-ring (bicyclic) bond motifs is 1. The van der Waals surface area contributed by atoms with Gasteiger partial charge in [-0.15, -0.1) is 0 Å². The monoisotopic (exact) mass is 282 g/mol. The Labute approximate surface area is 121 Å². The first-order valence-corrected chi connectivity index (χ1v) is 6.43. The molecule has 0 aliphatic rings. The van der Waals surface area contributed by atoms with Crippen LogP contribution in [0.25, 0.3) is 22.3 Å². The minimum atomic E-state index is -0.0565. The quantitative estimate of drug-likeness (QED) is 0.802. The van der Waals surface area contributed by atoms with Crippen molar-refractivity contribution < 1.29 is 9.47 Å². The van der Waals surface area contributed by atoms with Crippen LogP contribution in [0.4, 0.5) is 0 Å². The fraction of sp³-hybridized carbons (Fsp3) is 0.125. The first-order valence-electron chi connectivity index (χ1n) is 6.43. The van der Waals surface area contributed by atoms with Gasteiger partial charge >= 0.3 is 0 Å². The molecular weight excluding hydrogens is 268 g/mol. The van der Waals surface area contributed by atoms with Gasteiger partial charge in [-0.3, -0.25) is 9.78 Å². The van der Waals surface area contributed by atoms with Gasteiger partial charge in [0.25, 0.3) is 0 Å². The lowest BCUT2D eigenvalue weighted by Crippen LogP contribution is -2.03. The van der Waals surface area contributed by atoms with Gasteiger partial charge in [0.15, 0.2) is 5.43 Å². The van der Waals surface area contributed by atoms with Crippen molar-refractivity contribution in [2.45, 2.75) is 0 Å². The third-order valence-electron chi connectivity index (χ3n) is 3.28. The zero-order valence-corrected chi connectivity index (χ0v) is 11.7. The molecule has 106 valence electrons. The lowest BCUT2D eigenvalue weighted by atomic mass is 10.1. The smallest absolute Gasteiger partial charge is 0.190 e. The summed E-state index contributed by atoms with van der Waals surface area (Å²) in [6, 6.07) is 10.5. The highest BCUT2D eigenvalue weighted by atomic mass is 16.5. The molecule has 0 aliphatic heterocycles. The molecule has 1 N–H and O–H groups in total. The fourth-order valence-electron chi connectivity index (χ4n) is 2.16. The third kappa shape index (κ3) is 2.45. The third-order valence-corrected chi connectivity index (χ3v) is 3.28. The van der Waals surface area contributed by atoms with Crippen LogP contribution in [0.3, 0.4) is 0 Å². The maximum Gasteiger partial charge on any atom is 0.190 e. The fourth-order valence-corrected chi connectivity index (χ4v) is 2.16. The molecule has 3 rings (SSSR count). The van der Waals surface area contributed by atoms with E-state index in [1.165, 1.54) is 0 Å². The number of ether oxygens (including phenoxy) is 2. The lowest BCUT2D eigenvalue weighted by molar-refractivity contribution is 0.413. The Morgan fingerprint density at radius 2 is 1.76 bits per heavy atom. The van der Waals surface area contributed by atoms with Gasteiger partial charge in [-0.25, -0.2) is 0 Å². The molecule has 0 unspecified atom stereocenters. The molecular formula is C16H14N2O3. The van der Waals surface area contributed by atoms with Crippen molar-refractivity contribution >= 4 is 10.9 Å². The summed E-state index contributed by atoms with van der Waals surface area (Å²) >= 11 is 0. The first kappa shape index (κ1) is 13.2. The molecule has 0 spiro atoms. The van der Waals surface area contributed by atoms with Crippen molar-refractivity contribution in [1.29, 1.82) is 0 Å². The number of pyridine rings is 2. The summed E-state index contributed by atoms with van der Waals surface area (Å²) in [6.45, 7) is 0. The Morgan fingerprint density at radius 1 is 1.00 bits per heavy atom. The maximum atomic E-state index is 12.2. The molecule has 2 aromatic heterocycles. The van der Waals surface area contributed by atoms with Crippen LogP contribution in [0.15, 0.2) is 47.4 Å². The van der Waals surface area contributed by atoms with Crippen LogP contribution in [0.5, 0.6) is 11.5 Å². The van der Waals surface area contributed by atoms with Gasteiger partial charge in [0.2, 0.25) is 0 Å². The molecule has 0 fully saturated rings. The molecule has 2 heterocycles. The summed E-state index contributed by atoms with van der Waals surface area (Å²) < 4.78 is 10.3. The molecule has 0 radical (unpaired) electrons. The Kier molecular flexibility index (Phi) is 3.31. The van der Waals surface area contributed by atoms with Gasteiger partial charge in [-0.05, 0) is 24.3 Å². The van der Waals surface area contributed by atoms with Crippen LogP contribution < -0.4 is 14.9 Å². The van der Waals surface area contributed by atoms with E-state index in [-0.39, 0.29) is 5.43 Å². The highest BCUT2D eigenvalue weighted by Gasteiger charge is 2.06. The van der Waals surface area contributed by atoms with Crippen LogP contribution in [0.2, 0.25) is 0 Å². The number of nitrogens with zero attached hydrogens (tertiary/aromatic N) is 1. The standard InChI is InChI=1S/C16H14N2O3/c1-20-10-3-5-12-14(7-10)18-15(8-16(12)19)13-6-4-11(21-2)9-17-13/h3-9H,1-2H3,(H,18,19). The van der Waals surface area contributed by atoms with Gasteiger partial charge in [0.1, 0.15) is 11.5 Å². The number of rotatable bonds is 3. The number of H-pyrrole nitrogens is 1. The summed E-state index contributed by atoms with van der Waals surface area (Å²) in [5.74, 6) is 1.36. The van der Waals surface area contributed by atoms with Gasteiger partial charge in [-0.1, -0.05) is 0 Å². The second-order valence-corrected chi connectivity index (χ2v) is 4.54. The number of hydrogen-bond acceptors (Lipinski definition) is 4. The predicted molar refractivity (Wildman–Crippen MR) is 80.9 cm³/mol. The summed E-state index contributed by atoms with van der Waals surface area (Å²) in [7, 11) is 3.18. The van der Waals surface area contributed by atoms with Gasteiger partial charge in [0, 0.05) is 17.5 Å². The number of benzene rings is 1. The largest absolute Gasteiger partial charge is 0.497 e. The highest BCUT2D eigenvalue weighted by molar-refractivity contribution is 5.82. The molecule has 5 heteroatoms. The molecule has 5 nitrogen and oxygen atoms in total. The van der Waals surface area contributed by atoms with Gasteiger partial charge in [-0.2, -0.15) is 0 Å². The van der Waals surface area contributed by atoms with Crippen molar-refractivity contribution in [2.75, 3.05) is 14.2 Å². The van der Waals surface area contributed by atoms with E-state index < -0.39 is 0 Å². The van der Waals surface area contributed by atoms with Crippen molar-refractivity contribution in [2.24, 2.45) is 0 Å². The SMILES string of the molecule is COc1ccc(-c2cc(=O)c3ccc(OC)cc3[nH]2)nc1. The van der Waals surface area contributed by atoms with Gasteiger partial charge in [0.05, 0.1) is 37.3 Å². The predicted octanol–water partition coefficient (Wildman–Crippen LogP) is 2.61. The van der Waals surface area contributed by atoms with E-state index >= 15 is 0 Å². The molecule has 3 aromatic rings. The Bertz CT molecular complexity index is 838. The zero-order valence-electron chi connectivity index (χ0n) is 11.7. The summed E-state index contributed by atoms with van der Waals surface area (Å²) in [6.07, 6.45) is 1.61. The zero-order chi connectivity index (χ0) is 14.8. The molecule has 0 bridgehead atoms. The average Bonchev–Trinajstić information content (AvgIpc) is 2.54. The highest BCUT2D eigenvalue weighted by Crippen LogP contribution is 2.21. The number of methoxy groups -OCH3 is 2. The summed E-state index contributed by atoms with van der Waals surface area (Å²) in [4.78, 5) is 19.7. The molecule has 0 aliphatic carbocycles. The number of hydrogen-bond donors (Lipinski definition) is 1. The normalized spacial score (nSPS) is 10.6. The van der Waals surface area contributed by atoms with E-state index in [1.54, 1.807) is 56.8 Å². The Hall–Kier alpha value is -2.82. The van der Waals surface area contributed by atoms with Crippen molar-refractivity contribution in [3.63, 3.8) is 0 Å². The molecule has 0 saturated carbocycles. The van der Waals surface area contributed by atoms with Crippen molar-refractivity contribution in [3.05, 3.63) is 52.8 Å². The molecule has 1 aromatic carbocycles. The second kappa shape index (κ2) is 5.28. The van der Waals surface area contributed by atoms with E-state index in [0.717, 1.165) is 5.52 Å². The number of nitrogens with one attached hydrogen (secondary N) is 1. The van der Waals surface area contributed by atoms with Crippen molar-refractivity contribution in [3.8, 4) is 22.9 Å². The van der Waals surface area contributed by atoms with E-state index in [2.05, 4.69) is 9.97 Å². The number of aromatic amines is 1. The maximum absolute atomic E-state index is 12.2. The summed E-state index contributed by atoms with van der Waals surface area (Å²) in [5.41, 5.74) is 1.99. The molecule has 21 heavy (non-hydrogen) atoms. The minimum Gasteiger partial charge on any atom is -0.497 e. The Morgan fingerprint density at radius 3 is 2.43 bits per heavy atom. The topological polar surface area (TPSA) is 64.2 Å². The van der Waals surface area contributed by atoms with Crippen LogP contribution >= 0.6 is 0 Å². The van der Waals surface area contributed by atoms with E-state index in [9.17, 15) is 4.79 Å². The summed E-state index contributed by atoms with van der Waals surface area (Å²) in [5, 5.41) is 0.619. The van der Waals surface area contributed by atoms with E-state index in [4.69, 9.17) is 9.47 Å². The average molecular weight is 282 g/mol. The molecule has 0 atom stereocenters. The number of aromatic nitrogens is 2. The van der Waals surface area contributed by atoms with Crippen LogP contribution in [-0.4, -0.2) is 24.2 Å². The minimum absolute atomic E-state index is 0.0565. The lowest BCUT2D eigenvalue weighted by Gasteiger charge is -2.06. The first-order chi connectivity index (χ1) is 10.2. The second-order valence-electron chi connectivity index (χ2n) is 4.54. The van der Waals surface area contributed by atoms with Crippen LogP contribution in [-0.2, 0) is 0 Å². The van der Waals surface area contributed by atoms with Crippen molar-refractivity contribution in [1.82, 2.24) is 9.97 Å². The van der Waals surface area contributed by atoms with E-state index in [0.29, 0.717) is 28.3 Å². The molecule has 0 saturated heterocycles. The van der Waals surface area contributed by atoms with Crippen LogP contribution in [0, 0.1) is 0 Å². The van der Waals surface area contributed by atoms with E-state index in [1.807, 2.05) is 0 Å². The van der Waals surface area contributed by atoms with Gasteiger partial charge < -0.3 is 14.5 Å². The molecule has 0 amide bonds. The Balaban J connectivity index is 2.15.